The van der Waals surface area contributed by atoms with Crippen molar-refractivity contribution in [2.45, 2.75) is 102 Å². The minimum absolute atomic E-state index is 0.112. The fraction of sp³-hybridized carbons (Fsp3) is 0.500. The molecule has 5 heterocycles. The van der Waals surface area contributed by atoms with Gasteiger partial charge in [0.2, 0.25) is 11.8 Å². The van der Waals surface area contributed by atoms with Crippen LogP contribution in [0, 0.1) is 11.8 Å². The Hall–Kier alpha value is -4.97. The van der Waals surface area contributed by atoms with Crippen LogP contribution >= 0.6 is 11.3 Å². The standard InChI is InChI=1S/C44H50F3N7O6S/c1-43(2,60)28-21-32-34(22-31(28)50-38(56)30-7-4-8-35(49-30)44(45,46)47)61-40(51-32)26-11-9-25(10-12-26)23-53-19-16-24(17-20-53)15-18-48-29-6-3-5-27-37(29)42(59)54(41(27)58)33-13-14-36(55)52-39(33)57/h3-8,21-22,24-26,33,41,48,58,60H,9-20,23H2,1-2H3,(H,50,56)(H,52,55,57)/t25-,26-,33?,41?. The smallest absolute Gasteiger partial charge is 0.386 e. The number of hydrogen-bond acceptors (Lipinski definition) is 11. The summed E-state index contributed by atoms with van der Waals surface area (Å²) in [5, 5.41) is 31.4. The highest BCUT2D eigenvalue weighted by Crippen LogP contribution is 2.43. The Morgan fingerprint density at radius 1 is 0.934 bits per heavy atom. The molecule has 17 heteroatoms. The lowest BCUT2D eigenvalue weighted by molar-refractivity contribution is -0.141. The lowest BCUT2D eigenvalue weighted by Crippen LogP contribution is -2.53. The Morgan fingerprint density at radius 3 is 2.38 bits per heavy atom. The molecule has 4 amide bonds. The summed E-state index contributed by atoms with van der Waals surface area (Å²) in [7, 11) is 0. The van der Waals surface area contributed by atoms with Crippen molar-refractivity contribution in [3.05, 3.63) is 81.6 Å². The number of hydrogen-bond donors (Lipinski definition) is 5. The number of likely N-dealkylation sites (tertiary alicyclic amines) is 1. The maximum atomic E-state index is 13.5. The van der Waals surface area contributed by atoms with Gasteiger partial charge in [-0.15, -0.1) is 11.3 Å². The first-order chi connectivity index (χ1) is 29.0. The van der Waals surface area contributed by atoms with Crippen molar-refractivity contribution in [1.29, 1.82) is 0 Å². The van der Waals surface area contributed by atoms with Gasteiger partial charge in [0, 0.05) is 47.9 Å². The van der Waals surface area contributed by atoms with Gasteiger partial charge in [-0.25, -0.2) is 9.97 Å². The van der Waals surface area contributed by atoms with Crippen LogP contribution in [0.25, 0.3) is 10.2 Å². The van der Waals surface area contributed by atoms with Crippen molar-refractivity contribution >= 4 is 56.6 Å². The first-order valence-corrected chi connectivity index (χ1v) is 21.8. The third kappa shape index (κ3) is 9.15. The maximum Gasteiger partial charge on any atom is 0.433 e. The number of nitrogens with one attached hydrogen (secondary N) is 3. The van der Waals surface area contributed by atoms with E-state index in [1.54, 1.807) is 49.4 Å². The molecule has 3 aliphatic heterocycles. The Morgan fingerprint density at radius 2 is 1.67 bits per heavy atom. The molecule has 4 aliphatic rings. The van der Waals surface area contributed by atoms with Gasteiger partial charge in [-0.1, -0.05) is 18.2 Å². The molecule has 2 atom stereocenters. The van der Waals surface area contributed by atoms with Crippen molar-refractivity contribution in [1.82, 2.24) is 25.1 Å². The van der Waals surface area contributed by atoms with Gasteiger partial charge in [0.15, 0.2) is 6.23 Å². The second-order valence-corrected chi connectivity index (χ2v) is 18.4. The van der Waals surface area contributed by atoms with E-state index in [2.05, 4.69) is 25.8 Å². The number of aliphatic hydroxyl groups excluding tert-OH is 1. The molecule has 4 aromatic rings. The number of carbonyl (C=O) groups excluding carboxylic acids is 4. The predicted octanol–water partition coefficient (Wildman–Crippen LogP) is 6.93. The first kappa shape index (κ1) is 42.7. The van der Waals surface area contributed by atoms with E-state index < -0.39 is 47.5 Å². The number of aromatic nitrogens is 2. The first-order valence-electron chi connectivity index (χ1n) is 21.0. The molecule has 0 bridgehead atoms. The summed E-state index contributed by atoms with van der Waals surface area (Å²) in [5.74, 6) is -0.759. The summed E-state index contributed by atoms with van der Waals surface area (Å²) in [6, 6.07) is 11.1. The van der Waals surface area contributed by atoms with Crippen LogP contribution < -0.4 is 16.0 Å². The van der Waals surface area contributed by atoms with Crippen LogP contribution in [0.3, 0.4) is 0 Å². The van der Waals surface area contributed by atoms with Gasteiger partial charge in [0.25, 0.3) is 11.8 Å². The van der Waals surface area contributed by atoms with Crippen LogP contribution in [0.2, 0.25) is 0 Å². The number of amides is 4. The van der Waals surface area contributed by atoms with E-state index in [-0.39, 0.29) is 30.4 Å². The molecule has 2 saturated heterocycles. The van der Waals surface area contributed by atoms with Crippen molar-refractivity contribution in [3.8, 4) is 0 Å². The molecule has 1 aliphatic carbocycles. The third-order valence-electron chi connectivity index (χ3n) is 12.6. The normalized spacial score (nSPS) is 23.0. The SMILES string of the molecule is CC(C)(O)c1cc2nc([C@H]3CC[C@H](CN4CCC(CCNc5cccc6c5C(=O)N(C5CCC(=O)NC5=O)C6O)CC4)CC3)sc2cc1NC(=O)c1cccc(C(F)(F)F)n1. The van der Waals surface area contributed by atoms with Gasteiger partial charge in [-0.2, -0.15) is 13.2 Å². The molecule has 3 fully saturated rings. The van der Waals surface area contributed by atoms with Crippen LogP contribution in [0.1, 0.15) is 126 Å². The number of benzene rings is 2. The van der Waals surface area contributed by atoms with E-state index in [0.29, 0.717) is 52.0 Å². The Kier molecular flexibility index (Phi) is 11.9. The number of aliphatic hydroxyl groups is 2. The van der Waals surface area contributed by atoms with Crippen LogP contribution in [0.4, 0.5) is 24.5 Å². The molecule has 2 aromatic carbocycles. The number of imide groups is 1. The average Bonchev–Trinajstić information content (AvgIpc) is 3.75. The minimum Gasteiger partial charge on any atom is -0.386 e. The third-order valence-corrected chi connectivity index (χ3v) is 13.8. The number of nitrogens with zero attached hydrogens (tertiary/aromatic N) is 4. The van der Waals surface area contributed by atoms with Crippen molar-refractivity contribution in [3.63, 3.8) is 0 Å². The Bertz CT molecular complexity index is 2330. The second-order valence-electron chi connectivity index (χ2n) is 17.3. The number of fused-ring (bicyclic) bond motifs is 2. The van der Waals surface area contributed by atoms with Crippen molar-refractivity contribution in [2.24, 2.45) is 11.8 Å². The number of pyridine rings is 1. The summed E-state index contributed by atoms with van der Waals surface area (Å²) >= 11 is 1.54. The molecule has 1 saturated carbocycles. The molecule has 61 heavy (non-hydrogen) atoms. The summed E-state index contributed by atoms with van der Waals surface area (Å²) < 4.78 is 40.6. The molecular weight excluding hydrogens is 812 g/mol. The molecular formula is C44H50F3N7O6S. The number of carbonyl (C=O) groups is 4. The molecule has 5 N–H and O–H groups in total. The van der Waals surface area contributed by atoms with Gasteiger partial charge in [0.1, 0.15) is 17.4 Å². The molecule has 2 aromatic heterocycles. The highest BCUT2D eigenvalue weighted by Gasteiger charge is 2.45. The van der Waals surface area contributed by atoms with E-state index >= 15 is 0 Å². The molecule has 2 unspecified atom stereocenters. The number of halogens is 3. The van der Waals surface area contributed by atoms with E-state index in [4.69, 9.17) is 4.98 Å². The molecule has 8 rings (SSSR count). The average molecular weight is 862 g/mol. The van der Waals surface area contributed by atoms with Crippen LogP contribution in [-0.2, 0) is 21.4 Å². The number of thiazole rings is 1. The van der Waals surface area contributed by atoms with E-state index in [9.17, 15) is 42.6 Å². The number of anilines is 2. The van der Waals surface area contributed by atoms with Gasteiger partial charge < -0.3 is 25.7 Å². The van der Waals surface area contributed by atoms with E-state index in [1.165, 1.54) is 11.0 Å². The minimum atomic E-state index is -4.69. The van der Waals surface area contributed by atoms with Crippen LogP contribution in [-0.4, -0.2) is 85.8 Å². The summed E-state index contributed by atoms with van der Waals surface area (Å²) in [4.78, 5) is 63.0. The topological polar surface area (TPSA) is 177 Å². The fourth-order valence-corrected chi connectivity index (χ4v) is 10.5. The lowest BCUT2D eigenvalue weighted by Gasteiger charge is -2.36. The number of piperidine rings is 2. The van der Waals surface area contributed by atoms with Gasteiger partial charge >= 0.3 is 6.18 Å². The zero-order valence-corrected chi connectivity index (χ0v) is 34.9. The Labute approximate surface area is 355 Å². The van der Waals surface area contributed by atoms with Gasteiger partial charge in [0.05, 0.1) is 26.4 Å². The fourth-order valence-electron chi connectivity index (χ4n) is 9.33. The summed E-state index contributed by atoms with van der Waals surface area (Å²) in [6.45, 7) is 6.95. The van der Waals surface area contributed by atoms with Gasteiger partial charge in [-0.05, 0) is 120 Å². The van der Waals surface area contributed by atoms with Crippen molar-refractivity contribution in [2.75, 3.05) is 36.8 Å². The number of alkyl halides is 3. The molecule has 0 radical (unpaired) electrons. The second kappa shape index (κ2) is 17.1. The highest BCUT2D eigenvalue weighted by atomic mass is 32.1. The maximum absolute atomic E-state index is 13.5. The molecule has 324 valence electrons. The van der Waals surface area contributed by atoms with E-state index in [1.807, 2.05) is 6.07 Å². The lowest BCUT2D eigenvalue weighted by atomic mass is 9.81. The van der Waals surface area contributed by atoms with Crippen molar-refractivity contribution < 1.29 is 42.6 Å². The zero-order chi connectivity index (χ0) is 43.2. The van der Waals surface area contributed by atoms with E-state index in [0.717, 1.165) is 86.4 Å². The quantitative estimate of drug-likeness (QED) is 0.0995. The largest absolute Gasteiger partial charge is 0.433 e. The van der Waals surface area contributed by atoms with Crippen LogP contribution in [0.15, 0.2) is 48.5 Å². The highest BCUT2D eigenvalue weighted by molar-refractivity contribution is 7.18. The predicted molar refractivity (Wildman–Crippen MR) is 223 cm³/mol. The molecule has 13 nitrogen and oxygen atoms in total. The number of rotatable bonds is 11. The van der Waals surface area contributed by atoms with Crippen LogP contribution in [0.5, 0.6) is 0 Å². The summed E-state index contributed by atoms with van der Waals surface area (Å²) in [6.07, 6.45) is 1.63. The Balaban J connectivity index is 0.811. The monoisotopic (exact) mass is 861 g/mol. The molecule has 0 spiro atoms. The zero-order valence-electron chi connectivity index (χ0n) is 34.1. The van der Waals surface area contributed by atoms with Gasteiger partial charge in [-0.3, -0.25) is 29.4 Å². The summed E-state index contributed by atoms with van der Waals surface area (Å²) in [5.41, 5.74) is -0.0529.